The first kappa shape index (κ1) is 13.9. The van der Waals surface area contributed by atoms with E-state index in [0.717, 1.165) is 37.9 Å². The SMILES string of the molecule is CCCCCCNC(=O)c1ccc2c(c1)CCCN2. The van der Waals surface area contributed by atoms with Crippen molar-refractivity contribution in [2.24, 2.45) is 0 Å². The van der Waals surface area contributed by atoms with Gasteiger partial charge in [0.2, 0.25) is 0 Å². The third kappa shape index (κ3) is 3.98. The van der Waals surface area contributed by atoms with Gasteiger partial charge in [-0.1, -0.05) is 26.2 Å². The van der Waals surface area contributed by atoms with Crippen LogP contribution in [0.4, 0.5) is 5.69 Å². The molecule has 104 valence electrons. The number of hydrogen-bond acceptors (Lipinski definition) is 2. The Morgan fingerprint density at radius 2 is 2.21 bits per heavy atom. The Hall–Kier alpha value is -1.51. The highest BCUT2D eigenvalue weighted by Crippen LogP contribution is 2.22. The highest BCUT2D eigenvalue weighted by Gasteiger charge is 2.11. The zero-order chi connectivity index (χ0) is 13.5. The minimum absolute atomic E-state index is 0.0601. The molecule has 1 amide bonds. The van der Waals surface area contributed by atoms with Gasteiger partial charge in [0.05, 0.1) is 0 Å². The summed E-state index contributed by atoms with van der Waals surface area (Å²) in [7, 11) is 0. The van der Waals surface area contributed by atoms with E-state index in [0.29, 0.717) is 0 Å². The fraction of sp³-hybridized carbons (Fsp3) is 0.562. The lowest BCUT2D eigenvalue weighted by molar-refractivity contribution is 0.0953. The molecule has 0 unspecified atom stereocenters. The molecule has 0 saturated carbocycles. The molecule has 0 spiro atoms. The molecule has 2 N–H and O–H groups in total. The number of amides is 1. The van der Waals surface area contributed by atoms with Crippen molar-refractivity contribution >= 4 is 11.6 Å². The molecule has 0 aromatic heterocycles. The van der Waals surface area contributed by atoms with Crippen LogP contribution in [0.5, 0.6) is 0 Å². The Morgan fingerprint density at radius 3 is 3.05 bits per heavy atom. The molecule has 3 heteroatoms. The van der Waals surface area contributed by atoms with E-state index in [1.165, 1.54) is 30.5 Å². The number of hydrogen-bond donors (Lipinski definition) is 2. The van der Waals surface area contributed by atoms with Gasteiger partial charge in [-0.2, -0.15) is 0 Å². The molecule has 1 aromatic carbocycles. The van der Waals surface area contributed by atoms with Crippen molar-refractivity contribution in [1.29, 1.82) is 0 Å². The number of unbranched alkanes of at least 4 members (excludes halogenated alkanes) is 3. The number of rotatable bonds is 6. The largest absolute Gasteiger partial charge is 0.385 e. The van der Waals surface area contributed by atoms with Crippen LogP contribution in [0.2, 0.25) is 0 Å². The van der Waals surface area contributed by atoms with E-state index >= 15 is 0 Å². The lowest BCUT2D eigenvalue weighted by Gasteiger charge is -2.18. The van der Waals surface area contributed by atoms with Crippen LogP contribution in [0.15, 0.2) is 18.2 Å². The van der Waals surface area contributed by atoms with Gasteiger partial charge in [-0.05, 0) is 43.0 Å². The average molecular weight is 260 g/mol. The topological polar surface area (TPSA) is 41.1 Å². The normalized spacial score (nSPS) is 13.5. The third-order valence-electron chi connectivity index (χ3n) is 3.62. The number of fused-ring (bicyclic) bond motifs is 1. The van der Waals surface area contributed by atoms with E-state index in [1.807, 2.05) is 18.2 Å². The minimum Gasteiger partial charge on any atom is -0.385 e. The quantitative estimate of drug-likeness (QED) is 0.770. The summed E-state index contributed by atoms with van der Waals surface area (Å²) in [6.07, 6.45) is 6.97. The van der Waals surface area contributed by atoms with Crippen molar-refractivity contribution in [3.05, 3.63) is 29.3 Å². The predicted molar refractivity (Wildman–Crippen MR) is 79.7 cm³/mol. The Morgan fingerprint density at radius 1 is 1.32 bits per heavy atom. The van der Waals surface area contributed by atoms with Crippen molar-refractivity contribution in [3.63, 3.8) is 0 Å². The number of carbonyl (C=O) groups excluding carboxylic acids is 1. The summed E-state index contributed by atoms with van der Waals surface area (Å²) in [6, 6.07) is 5.97. The Kier molecular flexibility index (Phi) is 5.25. The fourth-order valence-corrected chi connectivity index (χ4v) is 2.47. The van der Waals surface area contributed by atoms with Crippen LogP contribution in [0.25, 0.3) is 0 Å². The molecule has 1 aliphatic rings. The number of carbonyl (C=O) groups is 1. The number of nitrogens with one attached hydrogen (secondary N) is 2. The first-order valence-electron chi connectivity index (χ1n) is 7.46. The second kappa shape index (κ2) is 7.17. The molecule has 0 aliphatic carbocycles. The lowest BCUT2D eigenvalue weighted by atomic mass is 10.0. The first-order valence-corrected chi connectivity index (χ1v) is 7.46. The lowest BCUT2D eigenvalue weighted by Crippen LogP contribution is -2.25. The van der Waals surface area contributed by atoms with Crippen molar-refractivity contribution < 1.29 is 4.79 Å². The van der Waals surface area contributed by atoms with E-state index < -0.39 is 0 Å². The van der Waals surface area contributed by atoms with Gasteiger partial charge in [0.25, 0.3) is 5.91 Å². The zero-order valence-corrected chi connectivity index (χ0v) is 11.8. The van der Waals surface area contributed by atoms with Crippen LogP contribution in [-0.2, 0) is 6.42 Å². The van der Waals surface area contributed by atoms with Gasteiger partial charge in [0, 0.05) is 24.3 Å². The van der Waals surface area contributed by atoms with Crippen LogP contribution < -0.4 is 10.6 Å². The molecule has 0 radical (unpaired) electrons. The predicted octanol–water partition coefficient (Wildman–Crippen LogP) is 3.35. The maximum absolute atomic E-state index is 12.0. The second-order valence-corrected chi connectivity index (χ2v) is 5.22. The van der Waals surface area contributed by atoms with Crippen molar-refractivity contribution in [3.8, 4) is 0 Å². The molecule has 2 rings (SSSR count). The standard InChI is InChI=1S/C16H24N2O/c1-2-3-4-5-10-18-16(19)14-8-9-15-13(12-14)7-6-11-17-15/h8-9,12,17H,2-7,10-11H2,1H3,(H,18,19). The molecular weight excluding hydrogens is 236 g/mol. The van der Waals surface area contributed by atoms with E-state index in [9.17, 15) is 4.79 Å². The zero-order valence-electron chi connectivity index (χ0n) is 11.8. The van der Waals surface area contributed by atoms with Crippen molar-refractivity contribution in [2.45, 2.75) is 45.4 Å². The highest BCUT2D eigenvalue weighted by molar-refractivity contribution is 5.94. The Bertz CT molecular complexity index is 429. The average Bonchev–Trinajstić information content (AvgIpc) is 2.46. The molecule has 0 saturated heterocycles. The fourth-order valence-electron chi connectivity index (χ4n) is 2.47. The highest BCUT2D eigenvalue weighted by atomic mass is 16.1. The molecule has 1 aromatic rings. The molecule has 0 bridgehead atoms. The number of anilines is 1. The van der Waals surface area contributed by atoms with Gasteiger partial charge >= 0.3 is 0 Å². The van der Waals surface area contributed by atoms with Crippen molar-refractivity contribution in [2.75, 3.05) is 18.4 Å². The summed E-state index contributed by atoms with van der Waals surface area (Å²) in [4.78, 5) is 12.0. The van der Waals surface area contributed by atoms with Crippen LogP contribution in [0.3, 0.4) is 0 Å². The van der Waals surface area contributed by atoms with E-state index in [-0.39, 0.29) is 5.91 Å². The van der Waals surface area contributed by atoms with E-state index in [1.54, 1.807) is 0 Å². The van der Waals surface area contributed by atoms with E-state index in [4.69, 9.17) is 0 Å². The van der Waals surface area contributed by atoms with Gasteiger partial charge in [-0.15, -0.1) is 0 Å². The monoisotopic (exact) mass is 260 g/mol. The van der Waals surface area contributed by atoms with Gasteiger partial charge < -0.3 is 10.6 Å². The van der Waals surface area contributed by atoms with Gasteiger partial charge in [0.1, 0.15) is 0 Å². The van der Waals surface area contributed by atoms with E-state index in [2.05, 4.69) is 17.6 Å². The third-order valence-corrected chi connectivity index (χ3v) is 3.62. The molecule has 0 atom stereocenters. The molecule has 1 heterocycles. The summed E-state index contributed by atoms with van der Waals surface area (Å²) < 4.78 is 0. The summed E-state index contributed by atoms with van der Waals surface area (Å²) in [5, 5.41) is 6.37. The number of benzene rings is 1. The van der Waals surface area contributed by atoms with Crippen molar-refractivity contribution in [1.82, 2.24) is 5.32 Å². The van der Waals surface area contributed by atoms with Crippen LogP contribution >= 0.6 is 0 Å². The van der Waals surface area contributed by atoms with Gasteiger partial charge in [-0.3, -0.25) is 4.79 Å². The summed E-state index contributed by atoms with van der Waals surface area (Å²) in [5.74, 6) is 0.0601. The van der Waals surface area contributed by atoms with Gasteiger partial charge in [-0.25, -0.2) is 0 Å². The Labute approximate surface area is 115 Å². The summed E-state index contributed by atoms with van der Waals surface area (Å²) in [6.45, 7) is 4.02. The molecule has 3 nitrogen and oxygen atoms in total. The maximum Gasteiger partial charge on any atom is 0.251 e. The molecular formula is C16H24N2O. The first-order chi connectivity index (χ1) is 9.31. The molecule has 1 aliphatic heterocycles. The second-order valence-electron chi connectivity index (χ2n) is 5.22. The van der Waals surface area contributed by atoms with Crippen LogP contribution in [0.1, 0.15) is 54.9 Å². The Balaban J connectivity index is 1.85. The smallest absolute Gasteiger partial charge is 0.251 e. The summed E-state index contributed by atoms with van der Waals surface area (Å²) in [5.41, 5.74) is 3.24. The molecule has 19 heavy (non-hydrogen) atoms. The number of aryl methyl sites for hydroxylation is 1. The molecule has 0 fully saturated rings. The van der Waals surface area contributed by atoms with Crippen LogP contribution in [-0.4, -0.2) is 19.0 Å². The van der Waals surface area contributed by atoms with Crippen LogP contribution in [0, 0.1) is 0 Å². The minimum atomic E-state index is 0.0601. The summed E-state index contributed by atoms with van der Waals surface area (Å²) >= 11 is 0. The van der Waals surface area contributed by atoms with Gasteiger partial charge in [0.15, 0.2) is 0 Å². The maximum atomic E-state index is 12.0.